The predicted molar refractivity (Wildman–Crippen MR) is 96.8 cm³/mol. The fourth-order valence-electron chi connectivity index (χ4n) is 2.61. The van der Waals surface area contributed by atoms with Gasteiger partial charge in [0.15, 0.2) is 6.10 Å². The highest BCUT2D eigenvalue weighted by Gasteiger charge is 2.17. The van der Waals surface area contributed by atoms with Crippen LogP contribution in [0.25, 0.3) is 0 Å². The first-order chi connectivity index (χ1) is 11.3. The molecule has 2 aromatic rings. The van der Waals surface area contributed by atoms with Gasteiger partial charge in [-0.3, -0.25) is 4.79 Å². The van der Waals surface area contributed by atoms with Crippen LogP contribution in [-0.2, 0) is 4.79 Å². The number of hydrogen-bond acceptors (Lipinski definition) is 3. The first-order valence-corrected chi connectivity index (χ1v) is 8.15. The smallest absolute Gasteiger partial charge is 0.265 e. The molecule has 1 amide bonds. The van der Waals surface area contributed by atoms with Crippen molar-refractivity contribution in [2.24, 2.45) is 0 Å². The van der Waals surface area contributed by atoms with E-state index in [1.165, 1.54) is 5.56 Å². The van der Waals surface area contributed by atoms with Gasteiger partial charge in [-0.05, 0) is 67.6 Å². The third-order valence-corrected chi connectivity index (χ3v) is 3.96. The summed E-state index contributed by atoms with van der Waals surface area (Å²) in [6, 6.07) is 10.9. The summed E-state index contributed by atoms with van der Waals surface area (Å²) in [5.41, 5.74) is 3.76. The quantitative estimate of drug-likeness (QED) is 0.793. The molecule has 2 aromatic carbocycles. The second-order valence-electron chi connectivity index (χ2n) is 6.44. The van der Waals surface area contributed by atoms with Crippen LogP contribution in [0.15, 0.2) is 36.4 Å². The molecule has 24 heavy (non-hydrogen) atoms. The maximum absolute atomic E-state index is 12.3. The molecule has 1 unspecified atom stereocenters. The molecule has 0 aliphatic heterocycles. The summed E-state index contributed by atoms with van der Waals surface area (Å²) in [7, 11) is 0. The SMILES string of the molecule is Cc1ccc(O)c(NC(=O)C(C)Oc2ccc(C(C)C)c(C)c2)c1. The second kappa shape index (κ2) is 7.39. The van der Waals surface area contributed by atoms with E-state index in [1.54, 1.807) is 25.1 Å². The molecule has 0 aromatic heterocycles. The van der Waals surface area contributed by atoms with Gasteiger partial charge >= 0.3 is 0 Å². The van der Waals surface area contributed by atoms with Crippen molar-refractivity contribution in [1.82, 2.24) is 0 Å². The predicted octanol–water partition coefficient (Wildman–Crippen LogP) is 4.54. The number of phenols is 1. The first kappa shape index (κ1) is 17.9. The lowest BCUT2D eigenvalue weighted by molar-refractivity contribution is -0.122. The van der Waals surface area contributed by atoms with Crippen molar-refractivity contribution in [3.05, 3.63) is 53.1 Å². The van der Waals surface area contributed by atoms with Gasteiger partial charge < -0.3 is 15.2 Å². The monoisotopic (exact) mass is 327 g/mol. The summed E-state index contributed by atoms with van der Waals surface area (Å²) in [5, 5.41) is 12.5. The molecule has 0 spiro atoms. The molecule has 0 bridgehead atoms. The average molecular weight is 327 g/mol. The van der Waals surface area contributed by atoms with Gasteiger partial charge in [0, 0.05) is 0 Å². The molecule has 0 saturated heterocycles. The average Bonchev–Trinajstić information content (AvgIpc) is 2.50. The summed E-state index contributed by atoms with van der Waals surface area (Å²) in [6.45, 7) is 9.92. The van der Waals surface area contributed by atoms with E-state index in [4.69, 9.17) is 4.74 Å². The maximum atomic E-state index is 12.3. The number of rotatable bonds is 5. The number of nitrogens with one attached hydrogen (secondary N) is 1. The van der Waals surface area contributed by atoms with Crippen LogP contribution in [0.1, 0.15) is 43.4 Å². The summed E-state index contributed by atoms with van der Waals surface area (Å²) in [4.78, 5) is 12.3. The van der Waals surface area contributed by atoms with Gasteiger partial charge in [0.1, 0.15) is 11.5 Å². The summed E-state index contributed by atoms with van der Waals surface area (Å²) < 4.78 is 5.74. The zero-order chi connectivity index (χ0) is 17.9. The largest absolute Gasteiger partial charge is 0.506 e. The van der Waals surface area contributed by atoms with Crippen molar-refractivity contribution in [3.63, 3.8) is 0 Å². The van der Waals surface area contributed by atoms with Gasteiger partial charge in [-0.25, -0.2) is 0 Å². The number of hydrogen-bond donors (Lipinski definition) is 2. The summed E-state index contributed by atoms with van der Waals surface area (Å²) >= 11 is 0. The standard InChI is InChI=1S/C20H25NO3/c1-12(2)17-8-7-16(11-14(17)4)24-15(5)20(23)21-18-10-13(3)6-9-19(18)22/h6-12,15,22H,1-5H3,(H,21,23). The number of benzene rings is 2. The van der Waals surface area contributed by atoms with E-state index >= 15 is 0 Å². The van der Waals surface area contributed by atoms with E-state index in [0.29, 0.717) is 17.4 Å². The summed E-state index contributed by atoms with van der Waals surface area (Å²) in [5.74, 6) is 0.844. The number of carbonyl (C=O) groups is 1. The molecule has 0 saturated carbocycles. The van der Waals surface area contributed by atoms with Crippen molar-refractivity contribution in [2.75, 3.05) is 5.32 Å². The Labute approximate surface area is 143 Å². The van der Waals surface area contributed by atoms with Gasteiger partial charge in [-0.2, -0.15) is 0 Å². The number of phenolic OH excluding ortho intramolecular Hbond substituents is 1. The molecule has 0 heterocycles. The molecular formula is C20H25NO3. The van der Waals surface area contributed by atoms with Crippen molar-refractivity contribution in [1.29, 1.82) is 0 Å². The molecule has 0 aliphatic rings. The minimum atomic E-state index is -0.672. The van der Waals surface area contributed by atoms with Crippen LogP contribution >= 0.6 is 0 Å². The lowest BCUT2D eigenvalue weighted by atomic mass is 9.98. The van der Waals surface area contributed by atoms with Crippen LogP contribution in [-0.4, -0.2) is 17.1 Å². The highest BCUT2D eigenvalue weighted by atomic mass is 16.5. The van der Waals surface area contributed by atoms with E-state index in [0.717, 1.165) is 11.1 Å². The van der Waals surface area contributed by atoms with Crippen LogP contribution in [0.2, 0.25) is 0 Å². The van der Waals surface area contributed by atoms with Crippen LogP contribution in [0.5, 0.6) is 11.5 Å². The lowest BCUT2D eigenvalue weighted by Gasteiger charge is -2.17. The van der Waals surface area contributed by atoms with E-state index in [1.807, 2.05) is 32.0 Å². The first-order valence-electron chi connectivity index (χ1n) is 8.15. The highest BCUT2D eigenvalue weighted by molar-refractivity contribution is 5.95. The fraction of sp³-hybridized carbons (Fsp3) is 0.350. The Bertz CT molecular complexity index is 738. The van der Waals surface area contributed by atoms with Crippen LogP contribution in [0.4, 0.5) is 5.69 Å². The maximum Gasteiger partial charge on any atom is 0.265 e. The Balaban J connectivity index is 2.06. The van der Waals surface area contributed by atoms with Crippen molar-refractivity contribution >= 4 is 11.6 Å². The number of aryl methyl sites for hydroxylation is 2. The van der Waals surface area contributed by atoms with Gasteiger partial charge in [0.05, 0.1) is 5.69 Å². The van der Waals surface area contributed by atoms with Crippen LogP contribution < -0.4 is 10.1 Å². The van der Waals surface area contributed by atoms with Gasteiger partial charge in [0.25, 0.3) is 5.91 Å². The zero-order valence-electron chi connectivity index (χ0n) is 14.9. The number of anilines is 1. The van der Waals surface area contributed by atoms with Crippen LogP contribution in [0, 0.1) is 13.8 Å². The molecule has 4 heteroatoms. The molecule has 2 rings (SSSR count). The summed E-state index contributed by atoms with van der Waals surface area (Å²) in [6.07, 6.45) is -0.672. The highest BCUT2D eigenvalue weighted by Crippen LogP contribution is 2.26. The third kappa shape index (κ3) is 4.28. The van der Waals surface area contributed by atoms with Crippen molar-refractivity contribution in [2.45, 2.75) is 46.6 Å². The number of amides is 1. The van der Waals surface area contributed by atoms with E-state index in [9.17, 15) is 9.90 Å². The molecule has 2 N–H and O–H groups in total. The number of ether oxygens (including phenoxy) is 1. The number of aromatic hydroxyl groups is 1. The molecule has 1 atom stereocenters. The minimum Gasteiger partial charge on any atom is -0.506 e. The van der Waals surface area contributed by atoms with Gasteiger partial charge in [-0.15, -0.1) is 0 Å². The third-order valence-electron chi connectivity index (χ3n) is 3.96. The molecule has 0 fully saturated rings. The molecule has 4 nitrogen and oxygen atoms in total. The van der Waals surface area contributed by atoms with E-state index < -0.39 is 6.10 Å². The van der Waals surface area contributed by atoms with E-state index in [2.05, 4.69) is 19.2 Å². The minimum absolute atomic E-state index is 0.0401. The Morgan fingerprint density at radius 2 is 1.79 bits per heavy atom. The second-order valence-corrected chi connectivity index (χ2v) is 6.44. The number of carbonyl (C=O) groups excluding carboxylic acids is 1. The Hall–Kier alpha value is -2.49. The Morgan fingerprint density at radius 3 is 2.42 bits per heavy atom. The van der Waals surface area contributed by atoms with Gasteiger partial charge in [0.2, 0.25) is 0 Å². The molecule has 128 valence electrons. The van der Waals surface area contributed by atoms with Crippen molar-refractivity contribution in [3.8, 4) is 11.5 Å². The molecule has 0 radical (unpaired) electrons. The van der Waals surface area contributed by atoms with Gasteiger partial charge in [-0.1, -0.05) is 26.0 Å². The van der Waals surface area contributed by atoms with Crippen molar-refractivity contribution < 1.29 is 14.6 Å². The Morgan fingerprint density at radius 1 is 1.08 bits per heavy atom. The topological polar surface area (TPSA) is 58.6 Å². The van der Waals surface area contributed by atoms with Crippen LogP contribution in [0.3, 0.4) is 0 Å². The molecular weight excluding hydrogens is 302 g/mol. The lowest BCUT2D eigenvalue weighted by Crippen LogP contribution is -2.30. The normalized spacial score (nSPS) is 12.1. The van der Waals surface area contributed by atoms with E-state index in [-0.39, 0.29) is 11.7 Å². The zero-order valence-corrected chi connectivity index (χ0v) is 14.9. The molecule has 0 aliphatic carbocycles. The Kier molecular flexibility index (Phi) is 5.50. The fourth-order valence-corrected chi connectivity index (χ4v) is 2.61.